The molecule has 0 aliphatic carbocycles. The number of alkyl halides is 1. The molecule has 2 N–H and O–H groups in total. The van der Waals surface area contributed by atoms with Crippen LogP contribution in [-0.4, -0.2) is 43.1 Å². The zero-order valence-electron chi connectivity index (χ0n) is 16.5. The summed E-state index contributed by atoms with van der Waals surface area (Å²) in [7, 11) is 0. The fraction of sp³-hybridized carbons (Fsp3) is 0.381. The minimum absolute atomic E-state index is 0.0582. The number of aromatic nitrogens is 4. The fourth-order valence-corrected chi connectivity index (χ4v) is 4.18. The Kier molecular flexibility index (Phi) is 3.89. The van der Waals surface area contributed by atoms with Gasteiger partial charge < -0.3 is 19.4 Å². The fourth-order valence-electron chi connectivity index (χ4n) is 4.18. The van der Waals surface area contributed by atoms with Crippen molar-refractivity contribution in [1.29, 1.82) is 0 Å². The second-order valence-electron chi connectivity index (χ2n) is 8.21. The molecule has 4 heterocycles. The Hall–Kier alpha value is -3.00. The normalized spacial score (nSPS) is 21.8. The summed E-state index contributed by atoms with van der Waals surface area (Å²) in [6, 6.07) is 6.73. The van der Waals surface area contributed by atoms with E-state index >= 15 is 4.39 Å². The summed E-state index contributed by atoms with van der Waals surface area (Å²) in [5, 5.41) is 23.2. The van der Waals surface area contributed by atoms with Crippen LogP contribution >= 0.6 is 0 Å². The lowest BCUT2D eigenvalue weighted by molar-refractivity contribution is 0.0838. The van der Waals surface area contributed by atoms with Crippen molar-refractivity contribution in [3.05, 3.63) is 36.4 Å². The minimum atomic E-state index is -1.05. The highest BCUT2D eigenvalue weighted by Gasteiger charge is 2.40. The van der Waals surface area contributed by atoms with E-state index in [2.05, 4.69) is 20.5 Å². The molecule has 0 unspecified atom stereocenters. The lowest BCUT2D eigenvalue weighted by Crippen LogP contribution is -2.55. The van der Waals surface area contributed by atoms with Crippen molar-refractivity contribution < 1.29 is 13.9 Å². The van der Waals surface area contributed by atoms with Gasteiger partial charge in [-0.15, -0.1) is 10.2 Å². The number of fused-ring (bicyclic) bond motifs is 2. The first-order valence-corrected chi connectivity index (χ1v) is 9.67. The lowest BCUT2D eigenvalue weighted by atomic mass is 9.87. The van der Waals surface area contributed by atoms with Gasteiger partial charge in [0.05, 0.1) is 11.7 Å². The standard InChI is InChI=1S/C21H22FN5O2/c1-11-24-15-10-17(28)13(9-18(15)29-11)14-8-12-5-7-27(20(12)26-25-14)16-4-6-23-21(2,3)19(16)22/h5,7-10,16,19,23,28H,4,6H2,1-3H3/t16-,19-/m1/s1. The number of hydrogen-bond acceptors (Lipinski definition) is 6. The number of piperidine rings is 1. The molecule has 1 aliphatic heterocycles. The molecule has 29 heavy (non-hydrogen) atoms. The van der Waals surface area contributed by atoms with Crippen molar-refractivity contribution in [3.63, 3.8) is 0 Å². The van der Waals surface area contributed by atoms with E-state index in [1.54, 1.807) is 19.1 Å². The minimum Gasteiger partial charge on any atom is -0.507 e. The molecule has 4 aromatic rings. The van der Waals surface area contributed by atoms with E-state index in [9.17, 15) is 5.11 Å². The molecular formula is C21H22FN5O2. The first-order valence-electron chi connectivity index (χ1n) is 9.67. The zero-order chi connectivity index (χ0) is 20.3. The number of aromatic hydroxyl groups is 1. The Morgan fingerprint density at radius 3 is 2.93 bits per heavy atom. The molecule has 2 atom stereocenters. The number of nitrogens with zero attached hydrogens (tertiary/aromatic N) is 4. The van der Waals surface area contributed by atoms with Crippen molar-refractivity contribution in [1.82, 2.24) is 25.1 Å². The van der Waals surface area contributed by atoms with Crippen molar-refractivity contribution in [2.75, 3.05) is 6.54 Å². The number of phenolic OH excluding ortho intramolecular Hbond substituents is 1. The van der Waals surface area contributed by atoms with E-state index in [1.807, 2.05) is 36.7 Å². The van der Waals surface area contributed by atoms with Crippen LogP contribution in [0.5, 0.6) is 5.75 Å². The molecule has 0 radical (unpaired) electrons. The molecule has 3 aromatic heterocycles. The van der Waals surface area contributed by atoms with Gasteiger partial charge in [0.15, 0.2) is 17.1 Å². The van der Waals surface area contributed by atoms with Gasteiger partial charge in [-0.25, -0.2) is 9.37 Å². The third kappa shape index (κ3) is 2.86. The van der Waals surface area contributed by atoms with Crippen LogP contribution in [0.2, 0.25) is 0 Å². The quantitative estimate of drug-likeness (QED) is 0.535. The van der Waals surface area contributed by atoms with Gasteiger partial charge in [-0.3, -0.25) is 0 Å². The Labute approximate surface area is 166 Å². The average molecular weight is 395 g/mol. The molecule has 0 bridgehead atoms. The maximum Gasteiger partial charge on any atom is 0.192 e. The molecule has 1 fully saturated rings. The highest BCUT2D eigenvalue weighted by Crippen LogP contribution is 2.36. The molecule has 8 heteroatoms. The average Bonchev–Trinajstić information content (AvgIpc) is 3.25. The zero-order valence-corrected chi connectivity index (χ0v) is 16.5. The molecular weight excluding hydrogens is 373 g/mol. The van der Waals surface area contributed by atoms with Crippen molar-refractivity contribution in [3.8, 4) is 17.0 Å². The maximum absolute atomic E-state index is 15.1. The van der Waals surface area contributed by atoms with Crippen LogP contribution in [0.1, 0.15) is 32.2 Å². The molecule has 0 amide bonds. The Balaban J connectivity index is 1.57. The smallest absolute Gasteiger partial charge is 0.192 e. The first-order chi connectivity index (χ1) is 13.8. The van der Waals surface area contributed by atoms with Crippen LogP contribution in [0.3, 0.4) is 0 Å². The molecule has 0 spiro atoms. The van der Waals surface area contributed by atoms with E-state index in [0.717, 1.165) is 11.9 Å². The van der Waals surface area contributed by atoms with Gasteiger partial charge in [0.2, 0.25) is 0 Å². The van der Waals surface area contributed by atoms with E-state index < -0.39 is 11.7 Å². The summed E-state index contributed by atoms with van der Waals surface area (Å²) in [6.45, 7) is 6.26. The van der Waals surface area contributed by atoms with Crippen molar-refractivity contribution in [2.24, 2.45) is 0 Å². The summed E-state index contributed by atoms with van der Waals surface area (Å²) < 4.78 is 22.5. The largest absolute Gasteiger partial charge is 0.507 e. The van der Waals surface area contributed by atoms with Crippen LogP contribution in [0, 0.1) is 6.92 Å². The number of hydrogen-bond donors (Lipinski definition) is 2. The molecule has 7 nitrogen and oxygen atoms in total. The number of rotatable bonds is 2. The maximum atomic E-state index is 15.1. The van der Waals surface area contributed by atoms with Crippen molar-refractivity contribution >= 4 is 22.1 Å². The number of oxazole rings is 1. The van der Waals surface area contributed by atoms with E-state index in [0.29, 0.717) is 40.3 Å². The number of benzene rings is 1. The van der Waals surface area contributed by atoms with Gasteiger partial charge >= 0.3 is 0 Å². The second-order valence-corrected chi connectivity index (χ2v) is 8.21. The lowest BCUT2D eigenvalue weighted by Gasteiger charge is -2.40. The van der Waals surface area contributed by atoms with E-state index in [-0.39, 0.29) is 11.8 Å². The molecule has 5 rings (SSSR count). The van der Waals surface area contributed by atoms with Crippen LogP contribution in [0.25, 0.3) is 33.4 Å². The van der Waals surface area contributed by atoms with Crippen LogP contribution < -0.4 is 5.32 Å². The Bertz CT molecular complexity index is 1230. The number of aryl methyl sites for hydroxylation is 1. The summed E-state index contributed by atoms with van der Waals surface area (Å²) >= 11 is 0. The number of phenols is 1. The van der Waals surface area contributed by atoms with Gasteiger partial charge in [0.1, 0.15) is 17.4 Å². The predicted molar refractivity (Wildman–Crippen MR) is 108 cm³/mol. The highest BCUT2D eigenvalue weighted by atomic mass is 19.1. The monoisotopic (exact) mass is 395 g/mol. The molecule has 1 aliphatic rings. The van der Waals surface area contributed by atoms with Crippen LogP contribution in [-0.2, 0) is 0 Å². The van der Waals surface area contributed by atoms with Gasteiger partial charge in [-0.1, -0.05) is 0 Å². The van der Waals surface area contributed by atoms with Gasteiger partial charge in [0.25, 0.3) is 0 Å². The summed E-state index contributed by atoms with van der Waals surface area (Å²) in [6.07, 6.45) is 1.50. The number of halogens is 1. The van der Waals surface area contributed by atoms with Crippen LogP contribution in [0.15, 0.2) is 34.9 Å². The third-order valence-electron chi connectivity index (χ3n) is 5.76. The van der Waals surface area contributed by atoms with Gasteiger partial charge in [0, 0.05) is 35.7 Å². The van der Waals surface area contributed by atoms with E-state index in [1.165, 1.54) is 0 Å². The summed E-state index contributed by atoms with van der Waals surface area (Å²) in [5.41, 5.74) is 2.24. The van der Waals surface area contributed by atoms with Gasteiger partial charge in [-0.05, 0) is 45.0 Å². The molecule has 0 saturated carbocycles. The molecule has 1 aromatic carbocycles. The molecule has 1 saturated heterocycles. The topological polar surface area (TPSA) is 89.0 Å². The Morgan fingerprint density at radius 1 is 1.28 bits per heavy atom. The van der Waals surface area contributed by atoms with Crippen LogP contribution in [0.4, 0.5) is 4.39 Å². The Morgan fingerprint density at radius 2 is 2.10 bits per heavy atom. The van der Waals surface area contributed by atoms with Gasteiger partial charge in [-0.2, -0.15) is 0 Å². The summed E-state index contributed by atoms with van der Waals surface area (Å²) in [5.74, 6) is 0.587. The predicted octanol–water partition coefficient (Wildman–Crippen LogP) is 3.90. The highest BCUT2D eigenvalue weighted by molar-refractivity contribution is 5.86. The first kappa shape index (κ1) is 18.1. The van der Waals surface area contributed by atoms with Crippen molar-refractivity contribution in [2.45, 2.75) is 44.9 Å². The SMILES string of the molecule is Cc1nc2cc(O)c(-c3cc4ccn([C@@H]5CCNC(C)(C)[C@@H]5F)c4nn3)cc2o1. The number of nitrogens with one attached hydrogen (secondary N) is 1. The summed E-state index contributed by atoms with van der Waals surface area (Å²) in [4.78, 5) is 4.23. The third-order valence-corrected chi connectivity index (χ3v) is 5.76. The second kappa shape index (κ2) is 6.25. The van der Waals surface area contributed by atoms with E-state index in [4.69, 9.17) is 4.42 Å². The molecule has 150 valence electrons.